The number of alkyl halides is 6. The van der Waals surface area contributed by atoms with Gasteiger partial charge in [-0.25, -0.2) is 0 Å². The number of benzene rings is 1. The first kappa shape index (κ1) is 23.7. The predicted molar refractivity (Wildman–Crippen MR) is 100 cm³/mol. The number of aromatic nitrogens is 1. The summed E-state index contributed by atoms with van der Waals surface area (Å²) in [5, 5.41) is 0.145. The topological polar surface area (TPSA) is 90.6 Å². The number of piperidine rings is 1. The van der Waals surface area contributed by atoms with Gasteiger partial charge in [-0.1, -0.05) is 0 Å². The van der Waals surface area contributed by atoms with E-state index in [1.807, 2.05) is 11.9 Å². The van der Waals surface area contributed by atoms with Gasteiger partial charge in [-0.3, -0.25) is 0 Å². The van der Waals surface area contributed by atoms with Crippen molar-refractivity contribution < 1.29 is 43.2 Å². The number of anilines is 1. The molecular formula is C16H17F6N3O4S2. The van der Waals surface area contributed by atoms with Gasteiger partial charge in [0.2, 0.25) is 0 Å². The Morgan fingerprint density at radius 2 is 1.48 bits per heavy atom. The van der Waals surface area contributed by atoms with Crippen molar-refractivity contribution in [2.75, 3.05) is 23.8 Å². The Balaban J connectivity index is 2.20. The fraction of sp³-hybridized carbons (Fsp3) is 0.500. The van der Waals surface area contributed by atoms with Gasteiger partial charge in [0, 0.05) is 17.1 Å². The molecule has 1 aromatic carbocycles. The van der Waals surface area contributed by atoms with E-state index in [1.165, 1.54) is 6.20 Å². The molecule has 1 aromatic heterocycles. The smallest absolute Gasteiger partial charge is 0.361 e. The molecule has 1 fully saturated rings. The average Bonchev–Trinajstić information content (AvgIpc) is 3.03. The number of rotatable bonds is 4. The molecule has 0 aliphatic carbocycles. The molecule has 2 aromatic rings. The van der Waals surface area contributed by atoms with Crippen LogP contribution in [0.2, 0.25) is 0 Å². The summed E-state index contributed by atoms with van der Waals surface area (Å²) in [6.07, 6.45) is 2.84. The van der Waals surface area contributed by atoms with Crippen LogP contribution in [0.5, 0.6) is 0 Å². The van der Waals surface area contributed by atoms with Crippen LogP contribution < -0.4 is 3.71 Å². The van der Waals surface area contributed by atoms with E-state index in [1.54, 1.807) is 0 Å². The van der Waals surface area contributed by atoms with Crippen LogP contribution in [0.4, 0.5) is 32.0 Å². The summed E-state index contributed by atoms with van der Waals surface area (Å²) in [5.74, 6) is -0.0907. The van der Waals surface area contributed by atoms with Crippen molar-refractivity contribution in [1.82, 2.24) is 9.88 Å². The molecule has 1 N–H and O–H groups in total. The third-order valence-corrected chi connectivity index (χ3v) is 8.73. The molecule has 31 heavy (non-hydrogen) atoms. The highest BCUT2D eigenvalue weighted by atomic mass is 32.3. The number of hydrogen-bond acceptors (Lipinski definition) is 5. The Labute approximate surface area is 173 Å². The molecule has 15 heteroatoms. The van der Waals surface area contributed by atoms with Gasteiger partial charge in [0.1, 0.15) is 0 Å². The van der Waals surface area contributed by atoms with Crippen LogP contribution in [-0.4, -0.2) is 57.9 Å². The molecule has 1 aliphatic rings. The van der Waals surface area contributed by atoms with Crippen molar-refractivity contribution in [3.63, 3.8) is 0 Å². The maximum Gasteiger partial charge on any atom is 0.517 e. The summed E-state index contributed by atoms with van der Waals surface area (Å²) in [7, 11) is -11.9. The van der Waals surface area contributed by atoms with E-state index in [-0.39, 0.29) is 11.3 Å². The van der Waals surface area contributed by atoms with E-state index < -0.39 is 40.5 Å². The minimum absolute atomic E-state index is 0.0907. The van der Waals surface area contributed by atoms with Crippen molar-refractivity contribution in [1.29, 1.82) is 0 Å². The molecule has 7 nitrogen and oxygen atoms in total. The highest BCUT2D eigenvalue weighted by molar-refractivity contribution is 8.11. The van der Waals surface area contributed by atoms with E-state index >= 15 is 0 Å². The Kier molecular flexibility index (Phi) is 5.76. The van der Waals surface area contributed by atoms with Crippen molar-refractivity contribution in [2.24, 2.45) is 0 Å². The normalized spacial score (nSPS) is 17.9. The maximum atomic E-state index is 13.1. The second kappa shape index (κ2) is 7.55. The van der Waals surface area contributed by atoms with E-state index in [2.05, 4.69) is 4.98 Å². The van der Waals surface area contributed by atoms with Gasteiger partial charge in [-0.05, 0) is 62.7 Å². The van der Waals surface area contributed by atoms with Gasteiger partial charge < -0.3 is 9.88 Å². The SMILES string of the molecule is CN1CCC(c2c[nH]c3ccc(N(S(=O)(=O)C(F)(F)F)S(=O)(=O)C(F)(F)F)cc23)CC1. The highest BCUT2D eigenvalue weighted by Crippen LogP contribution is 2.41. The van der Waals surface area contributed by atoms with E-state index in [4.69, 9.17) is 0 Å². The molecule has 0 atom stereocenters. The van der Waals surface area contributed by atoms with Gasteiger partial charge >= 0.3 is 31.1 Å². The molecule has 1 saturated heterocycles. The number of sulfonamides is 2. The standard InChI is InChI=1S/C16H17F6N3O4S2/c1-24-6-4-10(5-7-24)13-9-23-14-3-2-11(8-12(13)14)25(30(26,27)15(17,18)19)31(28,29)16(20,21)22/h2-3,8-10,23H,4-7H2,1H3. The van der Waals surface area contributed by atoms with Gasteiger partial charge in [0.25, 0.3) is 0 Å². The van der Waals surface area contributed by atoms with Gasteiger partial charge in [0.15, 0.2) is 0 Å². The lowest BCUT2D eigenvalue weighted by Crippen LogP contribution is -2.49. The largest absolute Gasteiger partial charge is 0.517 e. The number of halogens is 6. The lowest BCUT2D eigenvalue weighted by atomic mass is 9.89. The molecular weight excluding hydrogens is 476 g/mol. The minimum atomic E-state index is -6.92. The van der Waals surface area contributed by atoms with Crippen LogP contribution in [0, 0.1) is 0 Å². The number of fused-ring (bicyclic) bond motifs is 1. The van der Waals surface area contributed by atoms with Gasteiger partial charge in [-0.2, -0.15) is 43.2 Å². The molecule has 0 unspecified atom stereocenters. The quantitative estimate of drug-likeness (QED) is 0.659. The zero-order valence-electron chi connectivity index (χ0n) is 15.8. The number of hydrogen-bond donors (Lipinski definition) is 1. The summed E-state index contributed by atoms with van der Waals surface area (Å²) < 4.78 is 124. The average molecular weight is 493 g/mol. The van der Waals surface area contributed by atoms with Crippen molar-refractivity contribution in [2.45, 2.75) is 29.8 Å². The molecule has 0 spiro atoms. The monoisotopic (exact) mass is 493 g/mol. The summed E-state index contributed by atoms with van der Waals surface area (Å²) >= 11 is 0. The zero-order valence-corrected chi connectivity index (χ0v) is 17.5. The minimum Gasteiger partial charge on any atom is -0.361 e. The van der Waals surface area contributed by atoms with E-state index in [0.29, 0.717) is 49.1 Å². The van der Waals surface area contributed by atoms with E-state index in [0.717, 1.165) is 6.07 Å². The number of nitrogens with zero attached hydrogens (tertiary/aromatic N) is 2. The fourth-order valence-electron chi connectivity index (χ4n) is 3.50. The van der Waals surface area contributed by atoms with Crippen LogP contribution in [0.25, 0.3) is 10.9 Å². The maximum absolute atomic E-state index is 13.1. The second-order valence-corrected chi connectivity index (χ2v) is 10.9. The zero-order chi connectivity index (χ0) is 23.4. The predicted octanol–water partition coefficient (Wildman–Crippen LogP) is 3.48. The third-order valence-electron chi connectivity index (χ3n) is 5.09. The summed E-state index contributed by atoms with van der Waals surface area (Å²) in [6.45, 7) is 1.40. The lowest BCUT2D eigenvalue weighted by Gasteiger charge is -2.29. The molecule has 174 valence electrons. The molecule has 0 amide bonds. The molecule has 1 aliphatic heterocycles. The third kappa shape index (κ3) is 4.09. The van der Waals surface area contributed by atoms with Crippen LogP contribution >= 0.6 is 0 Å². The lowest BCUT2D eigenvalue weighted by molar-refractivity contribution is -0.0462. The molecule has 0 bridgehead atoms. The van der Waals surface area contributed by atoms with Crippen molar-refractivity contribution >= 4 is 36.6 Å². The van der Waals surface area contributed by atoms with Crippen molar-refractivity contribution in [3.8, 4) is 0 Å². The fourth-order valence-corrected chi connectivity index (χ4v) is 6.19. The van der Waals surface area contributed by atoms with Crippen LogP contribution in [0.1, 0.15) is 24.3 Å². The number of nitrogens with one attached hydrogen (secondary N) is 1. The first-order chi connectivity index (χ1) is 14.1. The van der Waals surface area contributed by atoms with E-state index in [9.17, 15) is 43.2 Å². The van der Waals surface area contributed by atoms with Gasteiger partial charge in [0.05, 0.1) is 5.69 Å². The Bertz CT molecular complexity index is 1140. The molecule has 0 radical (unpaired) electrons. The first-order valence-electron chi connectivity index (χ1n) is 8.80. The summed E-state index contributed by atoms with van der Waals surface area (Å²) in [6, 6.07) is 2.32. The summed E-state index contributed by atoms with van der Waals surface area (Å²) in [5.41, 5.74) is -13.0. The van der Waals surface area contributed by atoms with Gasteiger partial charge in [-0.15, -0.1) is 3.71 Å². The van der Waals surface area contributed by atoms with Crippen LogP contribution in [0.15, 0.2) is 24.4 Å². The molecule has 3 rings (SSSR count). The second-order valence-electron chi connectivity index (χ2n) is 7.15. The Morgan fingerprint density at radius 1 is 0.968 bits per heavy atom. The van der Waals surface area contributed by atoms with Crippen molar-refractivity contribution in [3.05, 3.63) is 30.0 Å². The van der Waals surface area contributed by atoms with Crippen LogP contribution in [0.3, 0.4) is 0 Å². The molecule has 0 saturated carbocycles. The number of H-pyrrole nitrogens is 1. The van der Waals surface area contributed by atoms with Crippen LogP contribution in [-0.2, 0) is 20.0 Å². The molecule has 2 heterocycles. The first-order valence-corrected chi connectivity index (χ1v) is 11.7. The number of likely N-dealkylation sites (tertiary alicyclic amines) is 1. The highest BCUT2D eigenvalue weighted by Gasteiger charge is 2.61. The summed E-state index contributed by atoms with van der Waals surface area (Å²) in [4.78, 5) is 4.87. The Hall–Kier alpha value is -2.00. The Morgan fingerprint density at radius 3 is 1.97 bits per heavy atom. The number of aromatic amines is 1.